The third kappa shape index (κ3) is 5.08. The van der Waals surface area contributed by atoms with Crippen LogP contribution in [0.3, 0.4) is 0 Å². The lowest BCUT2D eigenvalue weighted by Gasteiger charge is -2.32. The van der Waals surface area contributed by atoms with Gasteiger partial charge < -0.3 is 9.84 Å². The molecule has 0 aromatic heterocycles. The lowest BCUT2D eigenvalue weighted by Crippen LogP contribution is -2.43. The minimum Gasteiger partial charge on any atom is -0.479 e. The molecule has 1 N–H and O–H groups in total. The first-order valence-corrected chi connectivity index (χ1v) is 9.56. The molecule has 0 aliphatic heterocycles. The zero-order valence-electron chi connectivity index (χ0n) is 14.4. The van der Waals surface area contributed by atoms with Crippen molar-refractivity contribution in [3.63, 3.8) is 0 Å². The van der Waals surface area contributed by atoms with Crippen LogP contribution in [0.25, 0.3) is 0 Å². The highest BCUT2D eigenvalue weighted by atomic mass is 79.9. The van der Waals surface area contributed by atoms with E-state index in [0.29, 0.717) is 10.0 Å². The molecule has 138 valence electrons. The summed E-state index contributed by atoms with van der Waals surface area (Å²) >= 11 is 6.74. The number of carbonyl (C=O) groups excluding carboxylic acids is 1. The van der Waals surface area contributed by atoms with Crippen LogP contribution < -0.4 is 0 Å². The largest absolute Gasteiger partial charge is 0.479 e. The summed E-state index contributed by atoms with van der Waals surface area (Å²) in [5, 5.41) is 9.76. The van der Waals surface area contributed by atoms with Crippen LogP contribution in [0.4, 0.5) is 4.79 Å². The van der Waals surface area contributed by atoms with Crippen molar-refractivity contribution in [3.8, 4) is 0 Å². The van der Waals surface area contributed by atoms with E-state index in [0.717, 1.165) is 10.0 Å². The van der Waals surface area contributed by atoms with E-state index in [-0.39, 0.29) is 12.6 Å². The Morgan fingerprint density at radius 1 is 1.08 bits per heavy atom. The second-order valence-corrected chi connectivity index (χ2v) is 7.66. The number of amides is 1. The van der Waals surface area contributed by atoms with Crippen LogP contribution in [0, 0.1) is 0 Å². The van der Waals surface area contributed by atoms with Crippen molar-refractivity contribution in [3.05, 3.63) is 68.6 Å². The average molecular weight is 485 g/mol. The number of halogens is 2. The van der Waals surface area contributed by atoms with E-state index in [1.54, 1.807) is 32.0 Å². The minimum atomic E-state index is -1.15. The van der Waals surface area contributed by atoms with Crippen LogP contribution in [0.5, 0.6) is 0 Å². The second kappa shape index (κ2) is 9.19. The molecule has 2 aromatic carbocycles. The first kappa shape index (κ1) is 20.5. The Labute approximate surface area is 169 Å². The van der Waals surface area contributed by atoms with Gasteiger partial charge in [-0.3, -0.25) is 4.90 Å². The number of carboxylic acid groups (broad SMARTS) is 1. The number of carbonyl (C=O) groups is 2. The molecule has 1 amide bonds. The molecule has 1 atom stereocenters. The number of nitrogens with zero attached hydrogens (tertiary/aromatic N) is 1. The number of hydrogen-bond acceptors (Lipinski definition) is 3. The predicted octanol–water partition coefficient (Wildman–Crippen LogP) is 5.38. The fourth-order valence-corrected chi connectivity index (χ4v) is 3.16. The molecule has 0 aliphatic rings. The second-order valence-electron chi connectivity index (χ2n) is 5.96. The number of hydrogen-bond donors (Lipinski definition) is 1. The topological polar surface area (TPSA) is 66.8 Å². The van der Waals surface area contributed by atoms with Crippen LogP contribution in [-0.2, 0) is 16.1 Å². The normalized spacial score (nSPS) is 11.9. The summed E-state index contributed by atoms with van der Waals surface area (Å²) in [6.07, 6.45) is -0.671. The van der Waals surface area contributed by atoms with Gasteiger partial charge in [0.1, 0.15) is 6.61 Å². The molecule has 0 fully saturated rings. The van der Waals surface area contributed by atoms with E-state index in [1.807, 2.05) is 30.3 Å². The SMILES string of the molecule is CC(C)N(C(=O)OCc1ccccc1)C(C(=O)O)c1ccc(Br)c(Br)c1. The van der Waals surface area contributed by atoms with Crippen molar-refractivity contribution in [1.29, 1.82) is 0 Å². The van der Waals surface area contributed by atoms with Gasteiger partial charge in [0.2, 0.25) is 0 Å². The minimum absolute atomic E-state index is 0.0826. The van der Waals surface area contributed by atoms with Gasteiger partial charge in [-0.25, -0.2) is 9.59 Å². The molecule has 2 rings (SSSR count). The zero-order valence-corrected chi connectivity index (χ0v) is 17.5. The van der Waals surface area contributed by atoms with Crippen LogP contribution in [0.2, 0.25) is 0 Å². The number of ether oxygens (including phenoxy) is 1. The Balaban J connectivity index is 2.27. The molecule has 0 heterocycles. The summed E-state index contributed by atoms with van der Waals surface area (Å²) in [7, 11) is 0. The highest BCUT2D eigenvalue weighted by Crippen LogP contribution is 2.30. The van der Waals surface area contributed by atoms with Crippen LogP contribution in [0.15, 0.2) is 57.5 Å². The quantitative estimate of drug-likeness (QED) is 0.597. The van der Waals surface area contributed by atoms with Gasteiger partial charge in [-0.15, -0.1) is 0 Å². The van der Waals surface area contributed by atoms with Gasteiger partial charge >= 0.3 is 12.1 Å². The molecular weight excluding hydrogens is 466 g/mol. The summed E-state index contributed by atoms with van der Waals surface area (Å²) in [5.41, 5.74) is 1.32. The van der Waals surface area contributed by atoms with E-state index >= 15 is 0 Å². The average Bonchev–Trinajstić information content (AvgIpc) is 2.60. The molecular formula is C19H19Br2NO4. The molecule has 0 saturated carbocycles. The molecule has 26 heavy (non-hydrogen) atoms. The van der Waals surface area contributed by atoms with Gasteiger partial charge in [0, 0.05) is 15.0 Å². The van der Waals surface area contributed by atoms with Gasteiger partial charge in [-0.2, -0.15) is 0 Å². The van der Waals surface area contributed by atoms with Crippen LogP contribution in [-0.4, -0.2) is 28.1 Å². The summed E-state index contributed by atoms with van der Waals surface area (Å²) < 4.78 is 6.87. The summed E-state index contributed by atoms with van der Waals surface area (Å²) in [4.78, 5) is 25.8. The Morgan fingerprint density at radius 2 is 1.73 bits per heavy atom. The maximum Gasteiger partial charge on any atom is 0.411 e. The first-order chi connectivity index (χ1) is 12.3. The Kier molecular flexibility index (Phi) is 7.23. The van der Waals surface area contributed by atoms with Gasteiger partial charge in [0.25, 0.3) is 0 Å². The molecule has 0 radical (unpaired) electrons. The fraction of sp³-hybridized carbons (Fsp3) is 0.263. The lowest BCUT2D eigenvalue weighted by atomic mass is 10.0. The maximum atomic E-state index is 12.6. The Hall–Kier alpha value is -1.86. The predicted molar refractivity (Wildman–Crippen MR) is 106 cm³/mol. The molecule has 7 heteroatoms. The van der Waals surface area contributed by atoms with Crippen molar-refractivity contribution >= 4 is 43.9 Å². The molecule has 2 aromatic rings. The third-order valence-corrected chi connectivity index (χ3v) is 5.62. The molecule has 0 aliphatic carbocycles. The molecule has 1 unspecified atom stereocenters. The number of aliphatic carboxylic acids is 1. The van der Waals surface area contributed by atoms with Crippen LogP contribution in [0.1, 0.15) is 31.0 Å². The molecule has 5 nitrogen and oxygen atoms in total. The molecule has 0 spiro atoms. The highest BCUT2D eigenvalue weighted by Gasteiger charge is 2.34. The van der Waals surface area contributed by atoms with Gasteiger partial charge in [0.15, 0.2) is 6.04 Å². The maximum absolute atomic E-state index is 12.6. The van der Waals surface area contributed by atoms with Crippen molar-refractivity contribution in [2.24, 2.45) is 0 Å². The van der Waals surface area contributed by atoms with Crippen LogP contribution >= 0.6 is 31.9 Å². The van der Waals surface area contributed by atoms with Gasteiger partial charge in [-0.05, 0) is 69.0 Å². The number of rotatable bonds is 6. The summed E-state index contributed by atoms with van der Waals surface area (Å²) in [6.45, 7) is 3.60. The zero-order chi connectivity index (χ0) is 19.3. The first-order valence-electron chi connectivity index (χ1n) is 7.98. The van der Waals surface area contributed by atoms with Gasteiger partial charge in [0.05, 0.1) is 0 Å². The molecule has 0 bridgehead atoms. The Morgan fingerprint density at radius 3 is 2.27 bits per heavy atom. The molecule has 0 saturated heterocycles. The Bertz CT molecular complexity index is 780. The summed E-state index contributed by atoms with van der Waals surface area (Å²) in [5.74, 6) is -1.12. The van der Waals surface area contributed by atoms with Crippen molar-refractivity contribution in [2.45, 2.75) is 32.5 Å². The summed E-state index contributed by atoms with van der Waals surface area (Å²) in [6, 6.07) is 12.8. The van der Waals surface area contributed by atoms with E-state index < -0.39 is 18.1 Å². The fourth-order valence-electron chi connectivity index (χ4n) is 2.51. The van der Waals surface area contributed by atoms with Crippen molar-refractivity contribution in [2.75, 3.05) is 0 Å². The van der Waals surface area contributed by atoms with E-state index in [9.17, 15) is 14.7 Å². The lowest BCUT2D eigenvalue weighted by molar-refractivity contribution is -0.143. The van der Waals surface area contributed by atoms with E-state index in [4.69, 9.17) is 4.74 Å². The van der Waals surface area contributed by atoms with E-state index in [1.165, 1.54) is 4.90 Å². The standard InChI is InChI=1S/C19H19Br2NO4/c1-12(2)22(19(25)26-11-13-6-4-3-5-7-13)17(18(23)24)14-8-9-15(20)16(21)10-14/h3-10,12,17H,11H2,1-2H3,(H,23,24). The number of carboxylic acids is 1. The van der Waals surface area contributed by atoms with E-state index in [2.05, 4.69) is 31.9 Å². The smallest absolute Gasteiger partial charge is 0.411 e. The third-order valence-electron chi connectivity index (χ3n) is 3.74. The van der Waals surface area contributed by atoms with Crippen molar-refractivity contribution < 1.29 is 19.4 Å². The van der Waals surface area contributed by atoms with Gasteiger partial charge in [-0.1, -0.05) is 36.4 Å². The monoisotopic (exact) mass is 483 g/mol. The van der Waals surface area contributed by atoms with Crippen molar-refractivity contribution in [1.82, 2.24) is 4.90 Å². The highest BCUT2D eigenvalue weighted by molar-refractivity contribution is 9.13. The number of benzene rings is 2.